The minimum atomic E-state index is -3.94. The van der Waals surface area contributed by atoms with E-state index in [9.17, 15) is 22.8 Å². The number of nitrogens with one attached hydrogen (secondary N) is 2. The second-order valence-electron chi connectivity index (χ2n) is 7.68. The molecular weight excluding hydrogens is 478 g/mol. The predicted molar refractivity (Wildman–Crippen MR) is 127 cm³/mol. The first kappa shape index (κ1) is 26.1. The molecule has 1 fully saturated rings. The zero-order valence-electron chi connectivity index (χ0n) is 19.6. The number of benzene rings is 2. The van der Waals surface area contributed by atoms with Crippen molar-refractivity contribution in [1.82, 2.24) is 4.31 Å². The third-order valence-corrected chi connectivity index (χ3v) is 7.03. The molecule has 0 aromatic heterocycles. The molecule has 1 unspecified atom stereocenters. The summed E-state index contributed by atoms with van der Waals surface area (Å²) in [5, 5.41) is 5.23. The molecule has 2 aromatic rings. The highest BCUT2D eigenvalue weighted by Crippen LogP contribution is 2.29. The Balaban J connectivity index is 1.70. The lowest BCUT2D eigenvalue weighted by Gasteiger charge is -2.26. The van der Waals surface area contributed by atoms with Gasteiger partial charge < -0.3 is 24.8 Å². The average Bonchev–Trinajstić information content (AvgIpc) is 2.84. The van der Waals surface area contributed by atoms with E-state index in [4.69, 9.17) is 14.2 Å². The number of hydrogen-bond donors (Lipinski definition) is 2. The van der Waals surface area contributed by atoms with Gasteiger partial charge in [-0.2, -0.15) is 4.31 Å². The largest absolute Gasteiger partial charge is 0.495 e. The fraction of sp³-hybridized carbons (Fsp3) is 0.348. The Kier molecular flexibility index (Phi) is 8.43. The van der Waals surface area contributed by atoms with Crippen LogP contribution in [0.1, 0.15) is 24.2 Å². The summed E-state index contributed by atoms with van der Waals surface area (Å²) < 4.78 is 43.1. The standard InChI is InChI=1S/C23H27N3O8S/c1-15(22(28)25-19-7-5-18(6-8-19)24-16(2)27)34-23(29)17-4-9-20(32-3)21(14-17)35(30,31)26-10-12-33-13-11-26/h4-9,14-15H,10-13H2,1-3H3,(H,24,27)(H,25,28). The highest BCUT2D eigenvalue weighted by molar-refractivity contribution is 7.89. The number of ether oxygens (including phenoxy) is 3. The molecule has 35 heavy (non-hydrogen) atoms. The Hall–Kier alpha value is -3.48. The van der Waals surface area contributed by atoms with Crippen molar-refractivity contribution in [2.24, 2.45) is 0 Å². The molecule has 1 aliphatic heterocycles. The molecule has 3 rings (SSSR count). The molecule has 11 nitrogen and oxygen atoms in total. The van der Waals surface area contributed by atoms with Crippen molar-refractivity contribution in [3.8, 4) is 5.75 Å². The zero-order valence-corrected chi connectivity index (χ0v) is 20.4. The maximum Gasteiger partial charge on any atom is 0.338 e. The van der Waals surface area contributed by atoms with Crippen LogP contribution in [0.4, 0.5) is 11.4 Å². The molecule has 0 bridgehead atoms. The summed E-state index contributed by atoms with van der Waals surface area (Å²) in [4.78, 5) is 36.1. The Morgan fingerprint density at radius 1 is 1.00 bits per heavy atom. The van der Waals surface area contributed by atoms with Gasteiger partial charge in [0.25, 0.3) is 5.91 Å². The number of methoxy groups -OCH3 is 1. The molecule has 12 heteroatoms. The second-order valence-corrected chi connectivity index (χ2v) is 9.58. The van der Waals surface area contributed by atoms with E-state index in [0.717, 1.165) is 0 Å². The van der Waals surface area contributed by atoms with E-state index in [1.54, 1.807) is 24.3 Å². The summed E-state index contributed by atoms with van der Waals surface area (Å²) in [6, 6.07) is 10.3. The molecule has 2 aromatic carbocycles. The van der Waals surface area contributed by atoms with Gasteiger partial charge >= 0.3 is 5.97 Å². The van der Waals surface area contributed by atoms with Crippen LogP contribution in [0, 0.1) is 0 Å². The SMILES string of the molecule is COc1ccc(C(=O)OC(C)C(=O)Nc2ccc(NC(C)=O)cc2)cc1S(=O)(=O)N1CCOCC1. The van der Waals surface area contributed by atoms with Gasteiger partial charge in [0.15, 0.2) is 6.10 Å². The summed E-state index contributed by atoms with van der Waals surface area (Å²) in [7, 11) is -2.61. The van der Waals surface area contributed by atoms with Crippen LogP contribution < -0.4 is 15.4 Å². The number of esters is 1. The molecule has 1 saturated heterocycles. The molecule has 1 heterocycles. The van der Waals surface area contributed by atoms with Gasteiger partial charge in [-0.05, 0) is 49.4 Å². The molecule has 1 aliphatic rings. The number of nitrogens with zero attached hydrogens (tertiary/aromatic N) is 1. The van der Waals surface area contributed by atoms with Crippen LogP contribution in [0.5, 0.6) is 5.75 Å². The number of carbonyl (C=O) groups excluding carboxylic acids is 3. The molecule has 1 atom stereocenters. The van der Waals surface area contributed by atoms with E-state index in [0.29, 0.717) is 11.4 Å². The van der Waals surface area contributed by atoms with Gasteiger partial charge in [0.1, 0.15) is 10.6 Å². The van der Waals surface area contributed by atoms with Crippen molar-refractivity contribution in [2.75, 3.05) is 44.0 Å². The van der Waals surface area contributed by atoms with E-state index < -0.39 is 28.0 Å². The van der Waals surface area contributed by atoms with E-state index in [1.165, 1.54) is 43.5 Å². The van der Waals surface area contributed by atoms with Gasteiger partial charge in [0.05, 0.1) is 25.9 Å². The van der Waals surface area contributed by atoms with Crippen molar-refractivity contribution in [3.05, 3.63) is 48.0 Å². The normalized spacial score (nSPS) is 15.1. The van der Waals surface area contributed by atoms with Crippen LogP contribution in [-0.2, 0) is 29.1 Å². The number of morpholine rings is 1. The molecular formula is C23H27N3O8S. The number of rotatable bonds is 8. The van der Waals surface area contributed by atoms with Gasteiger partial charge in [-0.1, -0.05) is 0 Å². The van der Waals surface area contributed by atoms with Crippen LogP contribution in [0.2, 0.25) is 0 Å². The fourth-order valence-corrected chi connectivity index (χ4v) is 4.89. The summed E-state index contributed by atoms with van der Waals surface area (Å²) in [6.07, 6.45) is -1.17. The van der Waals surface area contributed by atoms with Crippen molar-refractivity contribution >= 4 is 39.2 Å². The van der Waals surface area contributed by atoms with Crippen molar-refractivity contribution in [3.63, 3.8) is 0 Å². The molecule has 2 N–H and O–H groups in total. The highest BCUT2D eigenvalue weighted by Gasteiger charge is 2.30. The first-order valence-electron chi connectivity index (χ1n) is 10.8. The highest BCUT2D eigenvalue weighted by atomic mass is 32.2. The Morgan fingerprint density at radius 2 is 1.60 bits per heavy atom. The van der Waals surface area contributed by atoms with Crippen LogP contribution in [-0.4, -0.2) is 70.0 Å². The Morgan fingerprint density at radius 3 is 2.17 bits per heavy atom. The fourth-order valence-electron chi connectivity index (χ4n) is 3.30. The Bertz CT molecular complexity index is 1190. The van der Waals surface area contributed by atoms with Crippen molar-refractivity contribution < 1.29 is 37.0 Å². The summed E-state index contributed by atoms with van der Waals surface area (Å²) >= 11 is 0. The Labute approximate surface area is 203 Å². The molecule has 188 valence electrons. The molecule has 2 amide bonds. The number of sulfonamides is 1. The second kappa shape index (κ2) is 11.3. The van der Waals surface area contributed by atoms with Crippen LogP contribution in [0.25, 0.3) is 0 Å². The van der Waals surface area contributed by atoms with E-state index in [-0.39, 0.29) is 48.4 Å². The number of amides is 2. The number of hydrogen-bond acceptors (Lipinski definition) is 8. The van der Waals surface area contributed by atoms with E-state index >= 15 is 0 Å². The summed E-state index contributed by atoms with van der Waals surface area (Å²) in [6.45, 7) is 3.69. The zero-order chi connectivity index (χ0) is 25.6. The lowest BCUT2D eigenvalue weighted by Crippen LogP contribution is -2.40. The smallest absolute Gasteiger partial charge is 0.338 e. The first-order chi connectivity index (χ1) is 16.6. The lowest BCUT2D eigenvalue weighted by atomic mass is 10.2. The topological polar surface area (TPSA) is 140 Å². The lowest BCUT2D eigenvalue weighted by molar-refractivity contribution is -0.123. The molecule has 0 radical (unpaired) electrons. The maximum atomic E-state index is 13.1. The monoisotopic (exact) mass is 505 g/mol. The third-order valence-electron chi connectivity index (χ3n) is 5.11. The molecule has 0 aliphatic carbocycles. The molecule has 0 spiro atoms. The number of carbonyl (C=O) groups is 3. The van der Waals surface area contributed by atoms with Crippen LogP contribution in [0.15, 0.2) is 47.4 Å². The van der Waals surface area contributed by atoms with Crippen LogP contribution >= 0.6 is 0 Å². The minimum absolute atomic E-state index is 0.0445. The van der Waals surface area contributed by atoms with Crippen molar-refractivity contribution in [2.45, 2.75) is 24.8 Å². The van der Waals surface area contributed by atoms with Gasteiger partial charge in [0.2, 0.25) is 15.9 Å². The van der Waals surface area contributed by atoms with Crippen LogP contribution in [0.3, 0.4) is 0 Å². The van der Waals surface area contributed by atoms with Gasteiger partial charge in [-0.15, -0.1) is 0 Å². The average molecular weight is 506 g/mol. The number of anilines is 2. The quantitative estimate of drug-likeness (QED) is 0.518. The van der Waals surface area contributed by atoms with Gasteiger partial charge in [-0.3, -0.25) is 9.59 Å². The predicted octanol–water partition coefficient (Wildman–Crippen LogP) is 1.86. The molecule has 0 saturated carbocycles. The third kappa shape index (κ3) is 6.56. The van der Waals surface area contributed by atoms with Crippen molar-refractivity contribution in [1.29, 1.82) is 0 Å². The summed E-state index contributed by atoms with van der Waals surface area (Å²) in [5.74, 6) is -1.58. The maximum absolute atomic E-state index is 13.1. The van der Waals surface area contributed by atoms with E-state index in [2.05, 4.69) is 10.6 Å². The summed E-state index contributed by atoms with van der Waals surface area (Å²) in [5.41, 5.74) is 0.963. The minimum Gasteiger partial charge on any atom is -0.495 e. The first-order valence-corrected chi connectivity index (χ1v) is 12.2. The van der Waals surface area contributed by atoms with E-state index in [1.807, 2.05) is 0 Å². The van der Waals surface area contributed by atoms with Gasteiger partial charge in [0, 0.05) is 31.4 Å². The van der Waals surface area contributed by atoms with Gasteiger partial charge in [-0.25, -0.2) is 13.2 Å².